The topological polar surface area (TPSA) is 67.6 Å². The van der Waals surface area contributed by atoms with Gasteiger partial charge < -0.3 is 9.84 Å². The minimum atomic E-state index is -0.964. The van der Waals surface area contributed by atoms with Crippen molar-refractivity contribution in [3.63, 3.8) is 0 Å². The van der Waals surface area contributed by atoms with E-state index in [0.717, 1.165) is 31.4 Å². The predicted octanol–water partition coefficient (Wildman–Crippen LogP) is 2.83. The van der Waals surface area contributed by atoms with Crippen molar-refractivity contribution in [1.29, 1.82) is 0 Å². The Morgan fingerprint density at radius 3 is 2.57 bits per heavy atom. The van der Waals surface area contributed by atoms with Crippen LogP contribution in [0.2, 0.25) is 0 Å². The number of hydrogen-bond acceptors (Lipinski definition) is 5. The molecule has 0 amide bonds. The van der Waals surface area contributed by atoms with E-state index < -0.39 is 5.60 Å². The van der Waals surface area contributed by atoms with Crippen LogP contribution in [0.1, 0.15) is 55.7 Å². The van der Waals surface area contributed by atoms with Gasteiger partial charge in [0.25, 0.3) is 5.56 Å². The molecule has 30 heavy (non-hydrogen) atoms. The maximum absolute atomic E-state index is 14.6. The second-order valence-electron chi connectivity index (χ2n) is 9.15. The molecule has 1 aromatic heterocycles. The van der Waals surface area contributed by atoms with Crippen LogP contribution in [0.15, 0.2) is 35.1 Å². The van der Waals surface area contributed by atoms with Gasteiger partial charge in [-0.25, -0.2) is 9.07 Å². The lowest BCUT2D eigenvalue weighted by Gasteiger charge is -2.43. The van der Waals surface area contributed by atoms with Crippen LogP contribution in [-0.4, -0.2) is 44.6 Å². The first-order valence-corrected chi connectivity index (χ1v) is 10.8. The van der Waals surface area contributed by atoms with E-state index in [9.17, 15) is 14.3 Å². The van der Waals surface area contributed by atoms with Gasteiger partial charge in [-0.3, -0.25) is 9.69 Å². The van der Waals surface area contributed by atoms with Gasteiger partial charge in [-0.1, -0.05) is 12.1 Å². The number of nitrogens with zero attached hydrogens (tertiary/aromatic N) is 3. The van der Waals surface area contributed by atoms with Crippen LogP contribution >= 0.6 is 0 Å². The Morgan fingerprint density at radius 2 is 1.90 bits per heavy atom. The molecule has 2 aromatic rings. The van der Waals surface area contributed by atoms with E-state index in [4.69, 9.17) is 4.74 Å². The zero-order valence-corrected chi connectivity index (χ0v) is 17.3. The smallest absolute Gasteiger partial charge is 0.266 e. The highest BCUT2D eigenvalue weighted by Gasteiger charge is 2.48. The van der Waals surface area contributed by atoms with Crippen molar-refractivity contribution >= 4 is 0 Å². The van der Waals surface area contributed by atoms with Crippen LogP contribution in [0.3, 0.4) is 0 Å². The summed E-state index contributed by atoms with van der Waals surface area (Å²) in [5, 5.41) is 15.9. The number of aromatic nitrogens is 2. The van der Waals surface area contributed by atoms with Gasteiger partial charge in [0.05, 0.1) is 24.9 Å². The molecule has 2 saturated heterocycles. The van der Waals surface area contributed by atoms with E-state index in [1.165, 1.54) is 11.8 Å². The van der Waals surface area contributed by atoms with E-state index >= 15 is 0 Å². The predicted molar refractivity (Wildman–Crippen MR) is 110 cm³/mol. The number of halogens is 1. The molecule has 1 N–H and O–H groups in total. The van der Waals surface area contributed by atoms with Crippen LogP contribution < -0.4 is 10.3 Å². The summed E-state index contributed by atoms with van der Waals surface area (Å²) in [6.07, 6.45) is 5.32. The maximum Gasteiger partial charge on any atom is 0.266 e. The second-order valence-corrected chi connectivity index (χ2v) is 9.15. The van der Waals surface area contributed by atoms with Crippen molar-refractivity contribution in [2.75, 3.05) is 7.11 Å². The fraction of sp³-hybridized carbons (Fsp3) is 0.565. The lowest BCUT2D eigenvalue weighted by atomic mass is 9.85. The molecule has 2 bridgehead atoms. The first-order chi connectivity index (χ1) is 14.5. The first-order valence-electron chi connectivity index (χ1n) is 10.8. The second kappa shape index (κ2) is 7.46. The third-order valence-electron chi connectivity index (χ3n) is 6.95. The Kier molecular flexibility index (Phi) is 4.90. The van der Waals surface area contributed by atoms with Gasteiger partial charge in [-0.15, -0.1) is 0 Å². The number of rotatable bonds is 6. The summed E-state index contributed by atoms with van der Waals surface area (Å²) in [5.74, 6) is 0.407. The molecule has 3 fully saturated rings. The molecule has 5 rings (SSSR count). The average Bonchev–Trinajstić information content (AvgIpc) is 3.53. The zero-order valence-electron chi connectivity index (χ0n) is 17.3. The molecule has 160 valence electrons. The number of piperidine rings is 1. The van der Waals surface area contributed by atoms with Gasteiger partial charge in [0, 0.05) is 36.2 Å². The molecule has 1 aromatic carbocycles. The fourth-order valence-electron chi connectivity index (χ4n) is 5.29. The summed E-state index contributed by atoms with van der Waals surface area (Å²) < 4.78 is 21.2. The molecule has 0 radical (unpaired) electrons. The van der Waals surface area contributed by atoms with Gasteiger partial charge in [0.1, 0.15) is 0 Å². The van der Waals surface area contributed by atoms with Crippen molar-refractivity contribution in [1.82, 2.24) is 14.7 Å². The molecule has 1 aliphatic carbocycles. The summed E-state index contributed by atoms with van der Waals surface area (Å²) in [4.78, 5) is 14.6. The molecule has 1 unspecified atom stereocenters. The van der Waals surface area contributed by atoms with Crippen molar-refractivity contribution in [2.24, 2.45) is 0 Å². The first kappa shape index (κ1) is 19.7. The Bertz CT molecular complexity index is 989. The molecular formula is C23H28FN3O3. The van der Waals surface area contributed by atoms with Crippen molar-refractivity contribution in [3.8, 4) is 5.75 Å². The minimum absolute atomic E-state index is 0.166. The van der Waals surface area contributed by atoms with Crippen molar-refractivity contribution in [2.45, 2.75) is 75.2 Å². The largest absolute Gasteiger partial charge is 0.494 e. The molecule has 3 heterocycles. The molecule has 1 saturated carbocycles. The normalized spacial score (nSPS) is 28.6. The minimum Gasteiger partial charge on any atom is -0.494 e. The Hall–Kier alpha value is -2.25. The molecule has 6 nitrogen and oxygen atoms in total. The number of fused-ring (bicyclic) bond motifs is 2. The maximum atomic E-state index is 14.6. The number of methoxy groups -OCH3 is 1. The Labute approximate surface area is 175 Å². The lowest BCUT2D eigenvalue weighted by molar-refractivity contribution is -0.0680. The van der Waals surface area contributed by atoms with Crippen LogP contribution in [0, 0.1) is 5.82 Å². The molecule has 7 heteroatoms. The molecule has 3 aliphatic rings. The summed E-state index contributed by atoms with van der Waals surface area (Å²) >= 11 is 0. The summed E-state index contributed by atoms with van der Waals surface area (Å²) in [6.45, 7) is 0.727. The van der Waals surface area contributed by atoms with E-state index in [1.54, 1.807) is 18.2 Å². The van der Waals surface area contributed by atoms with Crippen LogP contribution in [0.4, 0.5) is 4.39 Å². The fourth-order valence-corrected chi connectivity index (χ4v) is 5.29. The SMILES string of the molecule is COc1cccc(CN2[C@@H]3CC[C@H]2CC(O)(Cn2nc(C4CC4)ccc2=O)C3)c1F. The van der Waals surface area contributed by atoms with Gasteiger partial charge in [0.15, 0.2) is 11.6 Å². The Balaban J connectivity index is 1.33. The Morgan fingerprint density at radius 1 is 1.17 bits per heavy atom. The number of aliphatic hydroxyl groups is 1. The van der Waals surface area contributed by atoms with Crippen LogP contribution in [0.5, 0.6) is 5.75 Å². The molecule has 0 spiro atoms. The summed E-state index contributed by atoms with van der Waals surface area (Å²) in [5.41, 5.74) is 0.439. The highest BCUT2D eigenvalue weighted by molar-refractivity contribution is 5.31. The molecule has 2 aliphatic heterocycles. The van der Waals surface area contributed by atoms with E-state index in [1.807, 2.05) is 12.1 Å². The summed E-state index contributed by atoms with van der Waals surface area (Å²) in [7, 11) is 1.47. The highest BCUT2D eigenvalue weighted by Crippen LogP contribution is 2.43. The monoisotopic (exact) mass is 413 g/mol. The third-order valence-corrected chi connectivity index (χ3v) is 6.95. The zero-order chi connectivity index (χ0) is 20.9. The number of benzene rings is 1. The summed E-state index contributed by atoms with van der Waals surface area (Å²) in [6, 6.07) is 8.95. The van der Waals surface area contributed by atoms with Crippen molar-refractivity contribution in [3.05, 3.63) is 57.8 Å². The molecular weight excluding hydrogens is 385 g/mol. The van der Waals surface area contributed by atoms with E-state index in [-0.39, 0.29) is 35.8 Å². The lowest BCUT2D eigenvalue weighted by Crippen LogP contribution is -2.53. The van der Waals surface area contributed by atoms with Crippen LogP contribution in [0.25, 0.3) is 0 Å². The third kappa shape index (κ3) is 3.65. The standard InChI is InChI=1S/C23H28FN3O3/c1-30-20-4-2-3-16(22(20)24)13-26-17-7-8-18(26)12-23(29,11-17)14-27-21(28)10-9-19(25-27)15-5-6-15/h2-4,9-10,15,17-18,29H,5-8,11-14H2,1H3/t17-,18+,23?. The quantitative estimate of drug-likeness (QED) is 0.789. The number of ether oxygens (including phenoxy) is 1. The number of hydrogen-bond donors (Lipinski definition) is 1. The average molecular weight is 413 g/mol. The van der Waals surface area contributed by atoms with Gasteiger partial charge in [-0.2, -0.15) is 5.10 Å². The van der Waals surface area contributed by atoms with Gasteiger partial charge >= 0.3 is 0 Å². The van der Waals surface area contributed by atoms with Gasteiger partial charge in [0.2, 0.25) is 0 Å². The van der Waals surface area contributed by atoms with Gasteiger partial charge in [-0.05, 0) is 50.7 Å². The molecule has 3 atom stereocenters. The van der Waals surface area contributed by atoms with Crippen molar-refractivity contribution < 1.29 is 14.2 Å². The van der Waals surface area contributed by atoms with E-state index in [2.05, 4.69) is 10.00 Å². The highest BCUT2D eigenvalue weighted by atomic mass is 19.1. The van der Waals surface area contributed by atoms with Crippen LogP contribution in [-0.2, 0) is 13.1 Å². The van der Waals surface area contributed by atoms with E-state index in [0.29, 0.717) is 30.9 Å².